The number of aliphatic hydroxyl groups excluding tert-OH is 2. The zero-order valence-corrected chi connectivity index (χ0v) is 11.4. The SMILES string of the molecule is CC(CO)(CO)NCc1cc(Br)c(Cl)s1. The molecule has 0 unspecified atom stereocenters. The second-order valence-corrected chi connectivity index (χ2v) is 6.16. The average molecular weight is 315 g/mol. The highest BCUT2D eigenvalue weighted by Crippen LogP contribution is 2.31. The Morgan fingerprint density at radius 2 is 2.13 bits per heavy atom. The molecule has 0 saturated carbocycles. The summed E-state index contributed by atoms with van der Waals surface area (Å²) in [5.41, 5.74) is -0.650. The Hall–Kier alpha value is 0.350. The summed E-state index contributed by atoms with van der Waals surface area (Å²) in [6.07, 6.45) is 0. The van der Waals surface area contributed by atoms with Crippen molar-refractivity contribution in [3.63, 3.8) is 0 Å². The standard InChI is InChI=1S/C9H13BrClNO2S/c1-9(4-13,5-14)12-3-6-2-7(10)8(11)15-6/h2,12-14H,3-5H2,1H3. The fourth-order valence-electron chi connectivity index (χ4n) is 0.941. The molecule has 0 atom stereocenters. The second kappa shape index (κ2) is 5.61. The molecule has 0 fully saturated rings. The molecule has 0 bridgehead atoms. The predicted molar refractivity (Wildman–Crippen MR) is 66.4 cm³/mol. The van der Waals surface area contributed by atoms with Crippen molar-refractivity contribution >= 4 is 38.9 Å². The minimum Gasteiger partial charge on any atom is -0.394 e. The van der Waals surface area contributed by atoms with Gasteiger partial charge < -0.3 is 15.5 Å². The molecule has 1 aromatic rings. The Bertz CT molecular complexity index is 308. The van der Waals surface area contributed by atoms with Gasteiger partial charge in [0.1, 0.15) is 4.34 Å². The van der Waals surface area contributed by atoms with Gasteiger partial charge in [0.2, 0.25) is 0 Å². The van der Waals surface area contributed by atoms with Crippen LogP contribution in [-0.4, -0.2) is 29.0 Å². The van der Waals surface area contributed by atoms with Crippen LogP contribution >= 0.6 is 38.9 Å². The Morgan fingerprint density at radius 3 is 2.53 bits per heavy atom. The van der Waals surface area contributed by atoms with Gasteiger partial charge in [0, 0.05) is 15.9 Å². The summed E-state index contributed by atoms with van der Waals surface area (Å²) in [5.74, 6) is 0. The molecule has 0 amide bonds. The summed E-state index contributed by atoms with van der Waals surface area (Å²) in [4.78, 5) is 1.06. The molecular weight excluding hydrogens is 302 g/mol. The van der Waals surface area contributed by atoms with Gasteiger partial charge in [-0.15, -0.1) is 11.3 Å². The molecule has 0 aliphatic carbocycles. The van der Waals surface area contributed by atoms with E-state index in [0.717, 1.165) is 9.35 Å². The van der Waals surface area contributed by atoms with Gasteiger partial charge in [0.15, 0.2) is 0 Å². The third-order valence-electron chi connectivity index (χ3n) is 2.08. The molecule has 0 radical (unpaired) electrons. The lowest BCUT2D eigenvalue weighted by Crippen LogP contribution is -2.48. The highest BCUT2D eigenvalue weighted by molar-refractivity contribution is 9.10. The minimum absolute atomic E-state index is 0.107. The highest BCUT2D eigenvalue weighted by atomic mass is 79.9. The summed E-state index contributed by atoms with van der Waals surface area (Å²) in [5, 5.41) is 21.2. The van der Waals surface area contributed by atoms with E-state index < -0.39 is 5.54 Å². The van der Waals surface area contributed by atoms with Crippen LogP contribution in [0.2, 0.25) is 4.34 Å². The molecule has 6 heteroatoms. The lowest BCUT2D eigenvalue weighted by atomic mass is 10.1. The molecule has 3 nitrogen and oxygen atoms in total. The van der Waals surface area contributed by atoms with E-state index >= 15 is 0 Å². The van der Waals surface area contributed by atoms with Gasteiger partial charge in [-0.1, -0.05) is 11.6 Å². The number of aliphatic hydroxyl groups is 2. The van der Waals surface area contributed by atoms with Crippen molar-refractivity contribution in [2.45, 2.75) is 19.0 Å². The fraction of sp³-hybridized carbons (Fsp3) is 0.556. The van der Waals surface area contributed by atoms with Crippen molar-refractivity contribution in [1.29, 1.82) is 0 Å². The summed E-state index contributed by atoms with van der Waals surface area (Å²) >= 11 is 10.7. The smallest absolute Gasteiger partial charge is 0.107 e. The number of hydrogen-bond acceptors (Lipinski definition) is 4. The van der Waals surface area contributed by atoms with Crippen molar-refractivity contribution in [3.8, 4) is 0 Å². The summed E-state index contributed by atoms with van der Waals surface area (Å²) in [6.45, 7) is 2.12. The van der Waals surface area contributed by atoms with E-state index in [1.807, 2.05) is 6.07 Å². The number of halogens is 2. The van der Waals surface area contributed by atoms with E-state index in [2.05, 4.69) is 21.2 Å². The van der Waals surface area contributed by atoms with E-state index in [0.29, 0.717) is 10.9 Å². The topological polar surface area (TPSA) is 52.5 Å². The van der Waals surface area contributed by atoms with Crippen molar-refractivity contribution in [2.24, 2.45) is 0 Å². The maximum atomic E-state index is 9.07. The Labute approximate surface area is 106 Å². The quantitative estimate of drug-likeness (QED) is 0.779. The Balaban J connectivity index is 2.56. The molecule has 1 heterocycles. The predicted octanol–water partition coefficient (Wildman–Crippen LogP) is 2.00. The van der Waals surface area contributed by atoms with Crippen LogP contribution in [-0.2, 0) is 6.54 Å². The van der Waals surface area contributed by atoms with Crippen molar-refractivity contribution in [1.82, 2.24) is 5.32 Å². The average Bonchev–Trinajstić information content (AvgIpc) is 2.55. The Morgan fingerprint density at radius 1 is 1.53 bits per heavy atom. The zero-order valence-electron chi connectivity index (χ0n) is 8.26. The molecule has 86 valence electrons. The van der Waals surface area contributed by atoms with E-state index in [1.165, 1.54) is 11.3 Å². The molecule has 0 spiro atoms. The summed E-state index contributed by atoms with van der Waals surface area (Å²) < 4.78 is 1.59. The molecule has 0 aromatic carbocycles. The number of hydrogen-bond donors (Lipinski definition) is 3. The molecule has 0 aliphatic heterocycles. The van der Waals surface area contributed by atoms with Crippen LogP contribution in [0, 0.1) is 0 Å². The largest absolute Gasteiger partial charge is 0.394 e. The van der Waals surface area contributed by atoms with Gasteiger partial charge in [0.05, 0.1) is 18.8 Å². The summed E-state index contributed by atoms with van der Waals surface area (Å²) in [7, 11) is 0. The third-order valence-corrected chi connectivity index (χ3v) is 4.56. The first-order valence-electron chi connectivity index (χ1n) is 4.41. The monoisotopic (exact) mass is 313 g/mol. The molecule has 1 aromatic heterocycles. The van der Waals surface area contributed by atoms with Crippen LogP contribution in [0.1, 0.15) is 11.8 Å². The van der Waals surface area contributed by atoms with Gasteiger partial charge in [-0.25, -0.2) is 0 Å². The number of nitrogens with one attached hydrogen (secondary N) is 1. The molecule has 0 saturated heterocycles. The lowest BCUT2D eigenvalue weighted by molar-refractivity contribution is 0.103. The van der Waals surface area contributed by atoms with Crippen LogP contribution in [0.5, 0.6) is 0 Å². The van der Waals surface area contributed by atoms with E-state index in [-0.39, 0.29) is 13.2 Å². The number of thiophene rings is 1. The second-order valence-electron chi connectivity index (χ2n) is 3.56. The molecule has 0 aliphatic rings. The van der Waals surface area contributed by atoms with E-state index in [9.17, 15) is 0 Å². The molecule has 1 rings (SSSR count). The minimum atomic E-state index is -0.650. The summed E-state index contributed by atoms with van der Waals surface area (Å²) in [6, 6.07) is 1.93. The molecular formula is C9H13BrClNO2S. The van der Waals surface area contributed by atoms with Gasteiger partial charge in [0.25, 0.3) is 0 Å². The normalized spacial score (nSPS) is 12.1. The van der Waals surface area contributed by atoms with Crippen LogP contribution in [0.25, 0.3) is 0 Å². The van der Waals surface area contributed by atoms with Gasteiger partial charge in [-0.2, -0.15) is 0 Å². The van der Waals surface area contributed by atoms with Crippen LogP contribution in [0.3, 0.4) is 0 Å². The zero-order chi connectivity index (χ0) is 11.5. The molecule has 15 heavy (non-hydrogen) atoms. The maximum Gasteiger partial charge on any atom is 0.107 e. The number of rotatable bonds is 5. The fourth-order valence-corrected chi connectivity index (χ4v) is 2.67. The van der Waals surface area contributed by atoms with Gasteiger partial charge in [-0.3, -0.25) is 0 Å². The van der Waals surface area contributed by atoms with Gasteiger partial charge in [-0.05, 0) is 28.9 Å². The third kappa shape index (κ3) is 3.69. The van der Waals surface area contributed by atoms with Crippen LogP contribution < -0.4 is 5.32 Å². The van der Waals surface area contributed by atoms with Crippen molar-refractivity contribution < 1.29 is 10.2 Å². The van der Waals surface area contributed by atoms with E-state index in [4.69, 9.17) is 21.8 Å². The maximum absolute atomic E-state index is 9.07. The molecule has 3 N–H and O–H groups in total. The first-order valence-corrected chi connectivity index (χ1v) is 6.40. The first-order chi connectivity index (χ1) is 7.00. The van der Waals surface area contributed by atoms with Crippen molar-refractivity contribution in [2.75, 3.05) is 13.2 Å². The van der Waals surface area contributed by atoms with Crippen LogP contribution in [0.15, 0.2) is 10.5 Å². The van der Waals surface area contributed by atoms with E-state index in [1.54, 1.807) is 6.92 Å². The van der Waals surface area contributed by atoms with Crippen LogP contribution in [0.4, 0.5) is 0 Å². The van der Waals surface area contributed by atoms with Crippen molar-refractivity contribution in [3.05, 3.63) is 19.8 Å². The highest BCUT2D eigenvalue weighted by Gasteiger charge is 2.21. The van der Waals surface area contributed by atoms with Gasteiger partial charge >= 0.3 is 0 Å². The first kappa shape index (κ1) is 13.4. The lowest BCUT2D eigenvalue weighted by Gasteiger charge is -2.25. The Kier molecular flexibility index (Phi) is 5.02.